The summed E-state index contributed by atoms with van der Waals surface area (Å²) in [5.41, 5.74) is 2.03. The third-order valence-electron chi connectivity index (χ3n) is 4.19. The van der Waals surface area contributed by atoms with Gasteiger partial charge in [-0.2, -0.15) is 4.99 Å². The molecule has 2 aromatic heterocycles. The number of para-hydroxylation sites is 3. The maximum absolute atomic E-state index is 12.6. The van der Waals surface area contributed by atoms with Crippen LogP contribution in [-0.4, -0.2) is 28.8 Å². The van der Waals surface area contributed by atoms with E-state index in [1.165, 1.54) is 15.9 Å². The topological polar surface area (TPSA) is 78.7 Å². The Morgan fingerprint density at radius 3 is 2.67 bits per heavy atom. The molecule has 0 N–H and O–H groups in total. The number of hydrogen-bond donors (Lipinski definition) is 0. The number of rotatable bonds is 5. The number of carbonyl (C=O) groups excluding carboxylic acids is 1. The van der Waals surface area contributed by atoms with E-state index in [1.807, 2.05) is 28.8 Å². The van der Waals surface area contributed by atoms with Crippen LogP contribution in [0.5, 0.6) is 0 Å². The molecular formula is C19H17N3O4S. The van der Waals surface area contributed by atoms with Gasteiger partial charge < -0.3 is 13.7 Å². The van der Waals surface area contributed by atoms with Crippen molar-refractivity contribution < 1.29 is 13.9 Å². The van der Waals surface area contributed by atoms with Crippen molar-refractivity contribution in [2.24, 2.45) is 4.99 Å². The zero-order valence-corrected chi connectivity index (χ0v) is 15.4. The van der Waals surface area contributed by atoms with Crippen LogP contribution in [0.3, 0.4) is 0 Å². The molecule has 2 heterocycles. The Balaban J connectivity index is 1.73. The molecule has 0 fully saturated rings. The van der Waals surface area contributed by atoms with Crippen LogP contribution in [0.1, 0.15) is 0 Å². The van der Waals surface area contributed by atoms with Gasteiger partial charge in [-0.15, -0.1) is 0 Å². The Hall–Kier alpha value is -2.97. The Labute approximate surface area is 157 Å². The molecule has 8 heteroatoms. The summed E-state index contributed by atoms with van der Waals surface area (Å²) in [6.45, 7) is 0.920. The van der Waals surface area contributed by atoms with Gasteiger partial charge in [0.05, 0.1) is 22.3 Å². The summed E-state index contributed by atoms with van der Waals surface area (Å²) >= 11 is 1.43. The molecular weight excluding hydrogens is 366 g/mol. The number of fused-ring (bicyclic) bond motifs is 2. The van der Waals surface area contributed by atoms with Crippen LogP contribution in [0.2, 0.25) is 0 Å². The standard InChI is InChI=1S/C19H17N3O4S/c1-25-11-10-21-14-7-3-5-9-16(14)27-18(21)20-17(23)12-22-13-6-2-4-8-15(13)26-19(22)24/h2-9H,10-12H2,1H3. The van der Waals surface area contributed by atoms with Gasteiger partial charge in [0, 0.05) is 13.7 Å². The minimum Gasteiger partial charge on any atom is -0.408 e. The van der Waals surface area contributed by atoms with E-state index in [2.05, 4.69) is 4.99 Å². The SMILES string of the molecule is COCCn1c(=NC(=O)Cn2c(=O)oc3ccccc32)sc2ccccc21. The summed E-state index contributed by atoms with van der Waals surface area (Å²) in [5, 5.41) is 0. The van der Waals surface area contributed by atoms with E-state index in [0.717, 1.165) is 10.2 Å². The number of amides is 1. The average molecular weight is 383 g/mol. The molecule has 27 heavy (non-hydrogen) atoms. The second-order valence-corrected chi connectivity index (χ2v) is 6.93. The molecule has 7 nitrogen and oxygen atoms in total. The maximum Gasteiger partial charge on any atom is 0.420 e. The first kappa shape index (κ1) is 17.4. The van der Waals surface area contributed by atoms with E-state index in [1.54, 1.807) is 31.4 Å². The van der Waals surface area contributed by atoms with Gasteiger partial charge in [-0.05, 0) is 24.3 Å². The van der Waals surface area contributed by atoms with Gasteiger partial charge in [-0.1, -0.05) is 35.6 Å². The summed E-state index contributed by atoms with van der Waals surface area (Å²) in [5.74, 6) is -0.982. The van der Waals surface area contributed by atoms with Crippen LogP contribution >= 0.6 is 11.3 Å². The third kappa shape index (κ3) is 3.36. The van der Waals surface area contributed by atoms with E-state index in [-0.39, 0.29) is 6.54 Å². The first-order chi connectivity index (χ1) is 13.2. The fourth-order valence-electron chi connectivity index (χ4n) is 2.95. The molecule has 0 spiro atoms. The van der Waals surface area contributed by atoms with Crippen molar-refractivity contribution in [2.45, 2.75) is 13.1 Å². The summed E-state index contributed by atoms with van der Waals surface area (Å²) in [6.07, 6.45) is 0. The smallest absolute Gasteiger partial charge is 0.408 e. The van der Waals surface area contributed by atoms with E-state index in [9.17, 15) is 9.59 Å². The second kappa shape index (κ2) is 7.34. The average Bonchev–Trinajstić information content (AvgIpc) is 3.17. The summed E-state index contributed by atoms with van der Waals surface area (Å²) in [6, 6.07) is 14.9. The van der Waals surface area contributed by atoms with Crippen molar-refractivity contribution in [2.75, 3.05) is 13.7 Å². The Kier molecular flexibility index (Phi) is 4.74. The van der Waals surface area contributed by atoms with Crippen LogP contribution in [0.15, 0.2) is 62.7 Å². The summed E-state index contributed by atoms with van der Waals surface area (Å²) in [4.78, 5) is 29.5. The lowest BCUT2D eigenvalue weighted by Crippen LogP contribution is -2.23. The molecule has 0 unspecified atom stereocenters. The maximum atomic E-state index is 12.6. The Bertz CT molecular complexity index is 1250. The molecule has 138 valence electrons. The monoisotopic (exact) mass is 383 g/mol. The predicted octanol–water partition coefficient (Wildman–Crippen LogP) is 2.38. The minimum absolute atomic E-state index is 0.172. The highest BCUT2D eigenvalue weighted by Crippen LogP contribution is 2.17. The zero-order chi connectivity index (χ0) is 18.8. The van der Waals surface area contributed by atoms with Gasteiger partial charge in [-0.25, -0.2) is 4.79 Å². The van der Waals surface area contributed by atoms with Crippen molar-refractivity contribution >= 4 is 38.6 Å². The largest absolute Gasteiger partial charge is 0.420 e. The second-order valence-electron chi connectivity index (χ2n) is 5.92. The molecule has 0 aliphatic rings. The van der Waals surface area contributed by atoms with E-state index >= 15 is 0 Å². The Morgan fingerprint density at radius 2 is 1.85 bits per heavy atom. The number of nitrogens with zero attached hydrogens (tertiary/aromatic N) is 3. The predicted molar refractivity (Wildman–Crippen MR) is 103 cm³/mol. The van der Waals surface area contributed by atoms with Crippen LogP contribution in [0.25, 0.3) is 21.3 Å². The quantitative estimate of drug-likeness (QED) is 0.530. The van der Waals surface area contributed by atoms with Gasteiger partial charge in [0.15, 0.2) is 10.4 Å². The lowest BCUT2D eigenvalue weighted by atomic mass is 10.3. The number of oxazole rings is 1. The fourth-order valence-corrected chi connectivity index (χ4v) is 4.02. The number of thiazole rings is 1. The summed E-state index contributed by atoms with van der Waals surface area (Å²) in [7, 11) is 1.63. The fraction of sp³-hybridized carbons (Fsp3) is 0.211. The molecule has 4 aromatic rings. The molecule has 0 saturated heterocycles. The number of benzene rings is 2. The highest BCUT2D eigenvalue weighted by molar-refractivity contribution is 7.16. The van der Waals surface area contributed by atoms with Crippen LogP contribution in [-0.2, 0) is 22.6 Å². The molecule has 0 aliphatic heterocycles. The van der Waals surface area contributed by atoms with Crippen LogP contribution < -0.4 is 10.6 Å². The number of methoxy groups -OCH3 is 1. The number of ether oxygens (including phenoxy) is 1. The van der Waals surface area contributed by atoms with E-state index in [4.69, 9.17) is 9.15 Å². The number of carbonyl (C=O) groups is 1. The molecule has 0 atom stereocenters. The lowest BCUT2D eigenvalue weighted by molar-refractivity contribution is -0.118. The van der Waals surface area contributed by atoms with Crippen molar-refractivity contribution in [3.8, 4) is 0 Å². The normalized spacial score (nSPS) is 12.3. The van der Waals surface area contributed by atoms with Gasteiger partial charge >= 0.3 is 5.76 Å². The molecule has 1 amide bonds. The molecule has 4 rings (SSSR count). The van der Waals surface area contributed by atoms with Crippen LogP contribution in [0.4, 0.5) is 0 Å². The van der Waals surface area contributed by atoms with Gasteiger partial charge in [0.2, 0.25) is 0 Å². The summed E-state index contributed by atoms with van der Waals surface area (Å²) < 4.78 is 14.6. The van der Waals surface area contributed by atoms with E-state index in [0.29, 0.717) is 29.1 Å². The van der Waals surface area contributed by atoms with Crippen molar-refractivity contribution in [1.29, 1.82) is 0 Å². The molecule has 0 aliphatic carbocycles. The van der Waals surface area contributed by atoms with Crippen molar-refractivity contribution in [1.82, 2.24) is 9.13 Å². The zero-order valence-electron chi connectivity index (χ0n) is 14.6. The molecule has 0 radical (unpaired) electrons. The van der Waals surface area contributed by atoms with Gasteiger partial charge in [0.1, 0.15) is 6.54 Å². The first-order valence-corrected chi connectivity index (χ1v) is 9.22. The minimum atomic E-state index is -0.566. The highest BCUT2D eigenvalue weighted by Gasteiger charge is 2.13. The third-order valence-corrected chi connectivity index (χ3v) is 5.25. The lowest BCUT2D eigenvalue weighted by Gasteiger charge is -2.04. The highest BCUT2D eigenvalue weighted by atomic mass is 32.1. The number of hydrogen-bond acceptors (Lipinski definition) is 5. The molecule has 2 aromatic carbocycles. The van der Waals surface area contributed by atoms with Crippen molar-refractivity contribution in [3.05, 3.63) is 63.9 Å². The van der Waals surface area contributed by atoms with Crippen molar-refractivity contribution in [3.63, 3.8) is 0 Å². The molecule has 0 saturated carbocycles. The van der Waals surface area contributed by atoms with Gasteiger partial charge in [0.25, 0.3) is 5.91 Å². The number of aromatic nitrogens is 2. The van der Waals surface area contributed by atoms with Gasteiger partial charge in [-0.3, -0.25) is 9.36 Å². The van der Waals surface area contributed by atoms with Crippen LogP contribution in [0, 0.1) is 0 Å². The molecule has 0 bridgehead atoms. The first-order valence-electron chi connectivity index (χ1n) is 8.40. The Morgan fingerprint density at radius 1 is 1.11 bits per heavy atom. The van der Waals surface area contributed by atoms with E-state index < -0.39 is 11.7 Å².